The number of sulfonamides is 1. The lowest BCUT2D eigenvalue weighted by Gasteiger charge is -2.07. The normalized spacial score (nSPS) is 22.0. The summed E-state index contributed by atoms with van der Waals surface area (Å²) in [6.07, 6.45) is 3.98. The van der Waals surface area contributed by atoms with Crippen molar-refractivity contribution in [3.05, 3.63) is 108 Å². The Labute approximate surface area is 160 Å². The van der Waals surface area contributed by atoms with Crippen molar-refractivity contribution in [3.63, 3.8) is 0 Å². The van der Waals surface area contributed by atoms with Gasteiger partial charge in [0.1, 0.15) is 0 Å². The molecule has 3 aromatic rings. The van der Waals surface area contributed by atoms with Crippen LogP contribution in [0.4, 0.5) is 0 Å². The van der Waals surface area contributed by atoms with E-state index in [2.05, 4.69) is 0 Å². The van der Waals surface area contributed by atoms with Crippen molar-refractivity contribution in [2.24, 2.45) is 0 Å². The predicted octanol–water partition coefficient (Wildman–Crippen LogP) is 4.82. The Hall–Kier alpha value is -2.69. The van der Waals surface area contributed by atoms with Gasteiger partial charge in [0.15, 0.2) is 0 Å². The summed E-state index contributed by atoms with van der Waals surface area (Å²) < 4.78 is 28.0. The van der Waals surface area contributed by atoms with Gasteiger partial charge in [0.05, 0.1) is 17.0 Å². The lowest BCUT2D eigenvalue weighted by atomic mass is 10.1. The zero-order valence-electron chi connectivity index (χ0n) is 15.1. The minimum atomic E-state index is -3.55. The van der Waals surface area contributed by atoms with Crippen LogP contribution in [0.2, 0.25) is 0 Å². The Morgan fingerprint density at radius 3 is 2.04 bits per heavy atom. The van der Waals surface area contributed by atoms with Crippen LogP contribution in [0.15, 0.2) is 95.9 Å². The molecule has 27 heavy (non-hydrogen) atoms. The van der Waals surface area contributed by atoms with Crippen LogP contribution in [0.5, 0.6) is 0 Å². The molecule has 4 heteroatoms. The molecule has 0 spiro atoms. The Balaban J connectivity index is 1.68. The topological polar surface area (TPSA) is 37.1 Å². The van der Waals surface area contributed by atoms with Crippen molar-refractivity contribution in [2.45, 2.75) is 23.9 Å². The van der Waals surface area contributed by atoms with Crippen LogP contribution in [0.25, 0.3) is 6.08 Å². The van der Waals surface area contributed by atoms with E-state index in [1.54, 1.807) is 16.4 Å². The SMILES string of the molecule is Cc1ccc(S(=O)(=O)N2C(/C=C/c3ccccc3)[C@H]2c2ccccc2)cc1. The summed E-state index contributed by atoms with van der Waals surface area (Å²) in [6, 6.07) is 26.4. The maximum atomic E-state index is 13.2. The van der Waals surface area contributed by atoms with E-state index in [-0.39, 0.29) is 12.1 Å². The number of rotatable bonds is 5. The van der Waals surface area contributed by atoms with Crippen LogP contribution >= 0.6 is 0 Å². The van der Waals surface area contributed by atoms with Gasteiger partial charge in [-0.05, 0) is 30.2 Å². The van der Waals surface area contributed by atoms with Gasteiger partial charge in [0.25, 0.3) is 0 Å². The van der Waals surface area contributed by atoms with Gasteiger partial charge in [-0.3, -0.25) is 0 Å². The molecule has 4 rings (SSSR count). The summed E-state index contributed by atoms with van der Waals surface area (Å²) in [5, 5.41) is 0. The van der Waals surface area contributed by atoms with Crippen molar-refractivity contribution in [2.75, 3.05) is 0 Å². The molecule has 0 bridgehead atoms. The van der Waals surface area contributed by atoms with Crippen LogP contribution in [0.3, 0.4) is 0 Å². The lowest BCUT2D eigenvalue weighted by Crippen LogP contribution is -2.14. The first-order valence-electron chi connectivity index (χ1n) is 8.96. The fourth-order valence-electron chi connectivity index (χ4n) is 3.33. The molecule has 2 unspecified atom stereocenters. The maximum absolute atomic E-state index is 13.2. The summed E-state index contributed by atoms with van der Waals surface area (Å²) >= 11 is 0. The van der Waals surface area contributed by atoms with E-state index in [0.717, 1.165) is 16.7 Å². The van der Waals surface area contributed by atoms with Crippen molar-refractivity contribution < 1.29 is 8.42 Å². The summed E-state index contributed by atoms with van der Waals surface area (Å²) in [5.74, 6) is 0. The largest absolute Gasteiger partial charge is 0.244 e. The summed E-state index contributed by atoms with van der Waals surface area (Å²) in [7, 11) is -3.55. The second-order valence-electron chi connectivity index (χ2n) is 6.76. The van der Waals surface area contributed by atoms with Gasteiger partial charge in [-0.2, -0.15) is 4.31 Å². The predicted molar refractivity (Wildman–Crippen MR) is 109 cm³/mol. The fourth-order valence-corrected chi connectivity index (χ4v) is 5.05. The van der Waals surface area contributed by atoms with Gasteiger partial charge in [-0.25, -0.2) is 8.42 Å². The minimum Gasteiger partial charge on any atom is -0.207 e. The standard InChI is InChI=1S/C23H21NO2S/c1-18-12-15-21(16-13-18)27(25,26)24-22(17-14-19-8-4-2-5-9-19)23(24)20-10-6-3-7-11-20/h2-17,22-23H,1H3/b17-14+/t22?,23-,24?/m1/s1. The monoisotopic (exact) mass is 375 g/mol. The molecule has 1 fully saturated rings. The molecule has 1 aliphatic heterocycles. The molecule has 0 amide bonds. The highest BCUT2D eigenvalue weighted by atomic mass is 32.2. The first-order chi connectivity index (χ1) is 13.1. The van der Waals surface area contributed by atoms with Gasteiger partial charge in [-0.1, -0.05) is 90.5 Å². The highest BCUT2D eigenvalue weighted by molar-refractivity contribution is 7.89. The Morgan fingerprint density at radius 1 is 0.815 bits per heavy atom. The van der Waals surface area contributed by atoms with E-state index in [0.29, 0.717) is 4.90 Å². The second kappa shape index (κ2) is 7.14. The fraction of sp³-hybridized carbons (Fsp3) is 0.130. The number of hydrogen-bond donors (Lipinski definition) is 0. The molecule has 0 N–H and O–H groups in total. The number of nitrogens with zero attached hydrogens (tertiary/aromatic N) is 1. The van der Waals surface area contributed by atoms with E-state index in [9.17, 15) is 8.42 Å². The first kappa shape index (κ1) is 17.7. The molecule has 0 radical (unpaired) electrons. The molecular formula is C23H21NO2S. The van der Waals surface area contributed by atoms with E-state index >= 15 is 0 Å². The first-order valence-corrected chi connectivity index (χ1v) is 10.4. The van der Waals surface area contributed by atoms with Crippen LogP contribution in [0.1, 0.15) is 22.7 Å². The average molecular weight is 375 g/mol. The molecule has 0 aromatic heterocycles. The highest BCUT2D eigenvalue weighted by Gasteiger charge is 2.54. The summed E-state index contributed by atoms with van der Waals surface area (Å²) in [6.45, 7) is 1.95. The van der Waals surface area contributed by atoms with E-state index in [4.69, 9.17) is 0 Å². The van der Waals surface area contributed by atoms with Gasteiger partial charge in [-0.15, -0.1) is 0 Å². The molecule has 3 atom stereocenters. The third-order valence-corrected chi connectivity index (χ3v) is 6.72. The average Bonchev–Trinajstić information content (AvgIpc) is 3.44. The lowest BCUT2D eigenvalue weighted by molar-refractivity contribution is 0.550. The summed E-state index contributed by atoms with van der Waals surface area (Å²) in [5.41, 5.74) is 3.11. The number of aryl methyl sites for hydroxylation is 1. The zero-order chi connectivity index (χ0) is 18.9. The van der Waals surface area contributed by atoms with Crippen molar-refractivity contribution >= 4 is 16.1 Å². The van der Waals surface area contributed by atoms with Crippen LogP contribution in [0, 0.1) is 6.92 Å². The van der Waals surface area contributed by atoms with Gasteiger partial charge < -0.3 is 0 Å². The van der Waals surface area contributed by atoms with Crippen molar-refractivity contribution in [1.82, 2.24) is 4.31 Å². The van der Waals surface area contributed by atoms with Crippen LogP contribution < -0.4 is 0 Å². The quantitative estimate of drug-likeness (QED) is 0.600. The minimum absolute atomic E-state index is 0.169. The van der Waals surface area contributed by atoms with Gasteiger partial charge in [0.2, 0.25) is 10.0 Å². The van der Waals surface area contributed by atoms with E-state index in [1.165, 1.54) is 0 Å². The Kier molecular flexibility index (Phi) is 4.68. The third-order valence-electron chi connectivity index (χ3n) is 4.82. The molecule has 0 aliphatic carbocycles. The van der Waals surface area contributed by atoms with Gasteiger partial charge in [0, 0.05) is 0 Å². The van der Waals surface area contributed by atoms with Crippen LogP contribution in [-0.2, 0) is 10.0 Å². The molecule has 1 saturated heterocycles. The van der Waals surface area contributed by atoms with E-state index in [1.807, 2.05) is 91.9 Å². The maximum Gasteiger partial charge on any atom is 0.244 e. The molecule has 3 aromatic carbocycles. The van der Waals surface area contributed by atoms with Crippen LogP contribution in [-0.4, -0.2) is 18.8 Å². The molecule has 3 nitrogen and oxygen atoms in total. The van der Waals surface area contributed by atoms with Crippen molar-refractivity contribution in [3.8, 4) is 0 Å². The second-order valence-corrected chi connectivity index (χ2v) is 8.61. The highest BCUT2D eigenvalue weighted by Crippen LogP contribution is 2.48. The van der Waals surface area contributed by atoms with Crippen molar-refractivity contribution in [1.29, 1.82) is 0 Å². The van der Waals surface area contributed by atoms with E-state index < -0.39 is 10.0 Å². The molecule has 1 aliphatic rings. The molecule has 1 heterocycles. The number of benzene rings is 3. The molecular weight excluding hydrogens is 354 g/mol. The zero-order valence-corrected chi connectivity index (χ0v) is 15.9. The summed E-state index contributed by atoms with van der Waals surface area (Å²) in [4.78, 5) is 0.338. The van der Waals surface area contributed by atoms with Gasteiger partial charge >= 0.3 is 0 Å². The smallest absolute Gasteiger partial charge is 0.207 e. The number of hydrogen-bond acceptors (Lipinski definition) is 2. The Bertz CT molecular complexity index is 1040. The molecule has 136 valence electrons. The molecule has 0 saturated carbocycles. The Morgan fingerprint density at radius 2 is 1.41 bits per heavy atom. The third kappa shape index (κ3) is 3.59.